The highest BCUT2D eigenvalue weighted by Gasteiger charge is 2.15. The van der Waals surface area contributed by atoms with E-state index >= 15 is 0 Å². The number of rotatable bonds is 4. The van der Waals surface area contributed by atoms with Gasteiger partial charge in [-0.05, 0) is 43.9 Å². The quantitative estimate of drug-likeness (QED) is 0.825. The molecule has 1 fully saturated rings. The van der Waals surface area contributed by atoms with Crippen LogP contribution >= 0.6 is 0 Å². The first-order valence-electron chi connectivity index (χ1n) is 6.90. The number of nitrogens with one attached hydrogen (secondary N) is 1. The number of hydrogen-bond acceptors (Lipinski definition) is 4. The van der Waals surface area contributed by atoms with Crippen molar-refractivity contribution in [3.05, 3.63) is 23.8 Å². The van der Waals surface area contributed by atoms with E-state index in [2.05, 4.69) is 5.32 Å². The first-order chi connectivity index (χ1) is 9.69. The van der Waals surface area contributed by atoms with Gasteiger partial charge in [0.1, 0.15) is 6.07 Å². The molecule has 2 rings (SSSR count). The van der Waals surface area contributed by atoms with Gasteiger partial charge in [-0.3, -0.25) is 4.79 Å². The van der Waals surface area contributed by atoms with E-state index in [0.29, 0.717) is 23.4 Å². The number of carbonyl (C=O) groups is 1. The summed E-state index contributed by atoms with van der Waals surface area (Å²) in [5.41, 5.74) is 7.01. The van der Waals surface area contributed by atoms with Gasteiger partial charge >= 0.3 is 0 Å². The number of carbonyl (C=O) groups excluding carboxylic acids is 1. The van der Waals surface area contributed by atoms with Gasteiger partial charge in [-0.2, -0.15) is 5.26 Å². The van der Waals surface area contributed by atoms with Crippen molar-refractivity contribution in [2.75, 3.05) is 17.7 Å². The largest absolute Gasteiger partial charge is 0.399 e. The topological polar surface area (TPSA) is 88.1 Å². The zero-order valence-corrected chi connectivity index (χ0v) is 11.4. The lowest BCUT2D eigenvalue weighted by Crippen LogP contribution is -2.22. The van der Waals surface area contributed by atoms with Crippen LogP contribution in [0.1, 0.15) is 37.7 Å². The van der Waals surface area contributed by atoms with Gasteiger partial charge in [0.05, 0.1) is 17.4 Å². The second kappa shape index (κ2) is 6.92. The first kappa shape index (κ1) is 14.4. The van der Waals surface area contributed by atoms with Crippen molar-refractivity contribution in [1.82, 2.24) is 0 Å². The number of hydrogen-bond donors (Lipinski definition) is 2. The number of nitrogens with zero attached hydrogens (tertiary/aromatic N) is 1. The Morgan fingerprint density at radius 3 is 3.05 bits per heavy atom. The third-order valence-corrected chi connectivity index (χ3v) is 3.41. The van der Waals surface area contributed by atoms with Crippen molar-refractivity contribution in [2.45, 2.75) is 38.2 Å². The monoisotopic (exact) mass is 273 g/mol. The number of nitrogens with two attached hydrogens (primary N) is 1. The van der Waals surface area contributed by atoms with Gasteiger partial charge in [0.2, 0.25) is 5.91 Å². The van der Waals surface area contributed by atoms with Gasteiger partial charge in [-0.1, -0.05) is 0 Å². The summed E-state index contributed by atoms with van der Waals surface area (Å²) in [7, 11) is 0. The van der Waals surface area contributed by atoms with Crippen LogP contribution in [-0.2, 0) is 9.53 Å². The molecule has 1 aliphatic heterocycles. The average molecular weight is 273 g/mol. The molecule has 106 valence electrons. The molecule has 20 heavy (non-hydrogen) atoms. The standard InChI is InChI=1S/C15H19N3O2/c16-10-11-9-12(17)4-6-14(11)18-15(19)7-5-13-3-1-2-8-20-13/h4,6,9,13H,1-3,5,7-8,17H2,(H,18,19). The molecule has 0 spiro atoms. The van der Waals surface area contributed by atoms with Crippen LogP contribution in [0.25, 0.3) is 0 Å². The Balaban J connectivity index is 1.86. The molecule has 3 N–H and O–H groups in total. The normalized spacial score (nSPS) is 18.2. The highest BCUT2D eigenvalue weighted by molar-refractivity contribution is 5.92. The zero-order valence-electron chi connectivity index (χ0n) is 11.4. The van der Waals surface area contributed by atoms with Crippen molar-refractivity contribution in [3.8, 4) is 6.07 Å². The molecule has 0 bridgehead atoms. The number of nitriles is 1. The number of nitrogen functional groups attached to an aromatic ring is 1. The van der Waals surface area contributed by atoms with Crippen LogP contribution in [0.3, 0.4) is 0 Å². The smallest absolute Gasteiger partial charge is 0.224 e. The molecule has 0 saturated carbocycles. The minimum absolute atomic E-state index is 0.0968. The summed E-state index contributed by atoms with van der Waals surface area (Å²) in [6.07, 6.45) is 4.63. The van der Waals surface area contributed by atoms with E-state index in [1.165, 1.54) is 6.42 Å². The van der Waals surface area contributed by atoms with Crippen LogP contribution in [-0.4, -0.2) is 18.6 Å². The molecule has 1 aromatic rings. The lowest BCUT2D eigenvalue weighted by Gasteiger charge is -2.22. The van der Waals surface area contributed by atoms with E-state index in [1.807, 2.05) is 6.07 Å². The first-order valence-corrected chi connectivity index (χ1v) is 6.90. The van der Waals surface area contributed by atoms with Gasteiger partial charge in [-0.15, -0.1) is 0 Å². The molecule has 1 amide bonds. The Hall–Kier alpha value is -2.06. The van der Waals surface area contributed by atoms with Crippen molar-refractivity contribution in [1.29, 1.82) is 5.26 Å². The van der Waals surface area contributed by atoms with E-state index in [1.54, 1.807) is 18.2 Å². The SMILES string of the molecule is N#Cc1cc(N)ccc1NC(=O)CCC1CCCCO1. The number of ether oxygens (including phenoxy) is 1. The third kappa shape index (κ3) is 3.97. The Labute approximate surface area is 118 Å². The minimum atomic E-state index is -0.0968. The Kier molecular flexibility index (Phi) is 4.97. The molecule has 1 aromatic carbocycles. The summed E-state index contributed by atoms with van der Waals surface area (Å²) in [5, 5.41) is 11.8. The summed E-state index contributed by atoms with van der Waals surface area (Å²) < 4.78 is 5.59. The van der Waals surface area contributed by atoms with Crippen LogP contribution in [0.4, 0.5) is 11.4 Å². The maximum absolute atomic E-state index is 11.9. The summed E-state index contributed by atoms with van der Waals surface area (Å²) in [4.78, 5) is 11.9. The zero-order chi connectivity index (χ0) is 14.4. The fraction of sp³-hybridized carbons (Fsp3) is 0.467. The summed E-state index contributed by atoms with van der Waals surface area (Å²) >= 11 is 0. The predicted molar refractivity (Wildman–Crippen MR) is 77.0 cm³/mol. The van der Waals surface area contributed by atoms with Crippen molar-refractivity contribution < 1.29 is 9.53 Å². The van der Waals surface area contributed by atoms with E-state index < -0.39 is 0 Å². The minimum Gasteiger partial charge on any atom is -0.399 e. The number of amides is 1. The van der Waals surface area contributed by atoms with Crippen molar-refractivity contribution >= 4 is 17.3 Å². The molecule has 1 heterocycles. The fourth-order valence-corrected chi connectivity index (χ4v) is 2.30. The van der Waals surface area contributed by atoms with Crippen LogP contribution in [0, 0.1) is 11.3 Å². The summed E-state index contributed by atoms with van der Waals surface area (Å²) in [6, 6.07) is 6.91. The molecule has 0 aliphatic carbocycles. The molecular formula is C15H19N3O2. The highest BCUT2D eigenvalue weighted by Crippen LogP contribution is 2.20. The molecule has 5 nitrogen and oxygen atoms in total. The van der Waals surface area contributed by atoms with E-state index in [0.717, 1.165) is 25.9 Å². The fourth-order valence-electron chi connectivity index (χ4n) is 2.30. The van der Waals surface area contributed by atoms with Crippen molar-refractivity contribution in [3.63, 3.8) is 0 Å². The molecule has 1 saturated heterocycles. The third-order valence-electron chi connectivity index (χ3n) is 3.41. The average Bonchev–Trinajstić information content (AvgIpc) is 2.48. The maximum Gasteiger partial charge on any atom is 0.224 e. The van der Waals surface area contributed by atoms with Crippen molar-refractivity contribution in [2.24, 2.45) is 0 Å². The molecule has 1 aliphatic rings. The van der Waals surface area contributed by atoms with Crippen LogP contribution < -0.4 is 11.1 Å². The van der Waals surface area contributed by atoms with Crippen LogP contribution in [0.2, 0.25) is 0 Å². The summed E-state index contributed by atoms with van der Waals surface area (Å²) in [6.45, 7) is 0.794. The molecule has 5 heteroatoms. The van der Waals surface area contributed by atoms with E-state index in [9.17, 15) is 4.79 Å². The maximum atomic E-state index is 11.9. The second-order valence-electron chi connectivity index (χ2n) is 4.99. The van der Waals surface area contributed by atoms with Crippen LogP contribution in [0.15, 0.2) is 18.2 Å². The van der Waals surface area contributed by atoms with E-state index in [-0.39, 0.29) is 12.0 Å². The molecule has 1 unspecified atom stereocenters. The molecular weight excluding hydrogens is 254 g/mol. The number of anilines is 2. The van der Waals surface area contributed by atoms with Gasteiger partial charge in [-0.25, -0.2) is 0 Å². The van der Waals surface area contributed by atoms with Crippen LogP contribution in [0.5, 0.6) is 0 Å². The van der Waals surface area contributed by atoms with Gasteiger partial charge in [0, 0.05) is 18.7 Å². The molecule has 0 aromatic heterocycles. The second-order valence-corrected chi connectivity index (χ2v) is 4.99. The molecule has 1 atom stereocenters. The predicted octanol–water partition coefficient (Wildman–Crippen LogP) is 2.43. The van der Waals surface area contributed by atoms with Gasteiger partial charge in [0.15, 0.2) is 0 Å². The Morgan fingerprint density at radius 1 is 1.50 bits per heavy atom. The number of benzene rings is 1. The summed E-state index contributed by atoms with van der Waals surface area (Å²) in [5.74, 6) is -0.0968. The van der Waals surface area contributed by atoms with E-state index in [4.69, 9.17) is 15.7 Å². The Morgan fingerprint density at radius 2 is 2.35 bits per heavy atom. The lowest BCUT2D eigenvalue weighted by atomic mass is 10.0. The van der Waals surface area contributed by atoms with Gasteiger partial charge in [0.25, 0.3) is 0 Å². The molecule has 0 radical (unpaired) electrons. The lowest BCUT2D eigenvalue weighted by molar-refractivity contribution is -0.117. The Bertz CT molecular complexity index is 516. The van der Waals surface area contributed by atoms with Gasteiger partial charge < -0.3 is 15.8 Å². The highest BCUT2D eigenvalue weighted by atomic mass is 16.5.